The van der Waals surface area contributed by atoms with Gasteiger partial charge in [0.2, 0.25) is 5.54 Å². The van der Waals surface area contributed by atoms with Crippen LogP contribution >= 0.6 is 45.2 Å². The van der Waals surface area contributed by atoms with E-state index in [0.717, 1.165) is 5.56 Å². The number of nitrogens with zero attached hydrogens (tertiary/aromatic N) is 1. The molecular formula is C16H16F3I2NO2. The standard InChI is InChI=1S/C16H16F3I2NO2/c17-16(18,19)15-13(21)7-6-11(8-20)22(15)12(9-24-14(15)23)10-4-2-1-3-5-10/h1-5,11-13H,6-9H2/t11-,12-,13+,15-/m0/s1. The SMILES string of the molecule is O=C1OC[C@@H](c2ccccc2)N2[C@H](CI)CC[C@@H](I)[C@@]12C(F)(F)F. The first-order chi connectivity index (χ1) is 11.3. The van der Waals surface area contributed by atoms with Gasteiger partial charge in [-0.05, 0) is 18.4 Å². The van der Waals surface area contributed by atoms with E-state index in [4.69, 9.17) is 4.74 Å². The molecule has 3 rings (SSSR count). The second-order valence-electron chi connectivity index (χ2n) is 6.05. The number of benzene rings is 1. The molecule has 2 aliphatic rings. The number of hydrogen-bond acceptors (Lipinski definition) is 3. The molecule has 0 spiro atoms. The third-order valence-corrected chi connectivity index (χ3v) is 7.36. The summed E-state index contributed by atoms with van der Waals surface area (Å²) in [6.45, 7) is -0.0445. The number of piperidine rings is 1. The maximum absolute atomic E-state index is 14.2. The number of halogens is 5. The summed E-state index contributed by atoms with van der Waals surface area (Å²) in [6.07, 6.45) is -3.69. The van der Waals surface area contributed by atoms with Crippen molar-refractivity contribution in [2.75, 3.05) is 11.0 Å². The third kappa shape index (κ3) is 2.76. The van der Waals surface area contributed by atoms with Crippen LogP contribution in [0.2, 0.25) is 0 Å². The van der Waals surface area contributed by atoms with Gasteiger partial charge in [0.25, 0.3) is 0 Å². The highest BCUT2D eigenvalue weighted by Crippen LogP contribution is 2.53. The number of esters is 1. The van der Waals surface area contributed by atoms with Crippen LogP contribution in [0.1, 0.15) is 24.4 Å². The zero-order valence-electron chi connectivity index (χ0n) is 12.6. The Morgan fingerprint density at radius 2 is 1.92 bits per heavy atom. The molecule has 0 amide bonds. The zero-order valence-corrected chi connectivity index (χ0v) is 16.9. The molecule has 0 bridgehead atoms. The molecule has 3 nitrogen and oxygen atoms in total. The summed E-state index contributed by atoms with van der Waals surface area (Å²) in [7, 11) is 0. The predicted octanol–water partition coefficient (Wildman–Crippen LogP) is 4.29. The monoisotopic (exact) mass is 565 g/mol. The van der Waals surface area contributed by atoms with Gasteiger partial charge in [0.05, 0.1) is 6.04 Å². The highest BCUT2D eigenvalue weighted by molar-refractivity contribution is 14.1. The van der Waals surface area contributed by atoms with Crippen LogP contribution in [0, 0.1) is 0 Å². The van der Waals surface area contributed by atoms with Crippen molar-refractivity contribution in [1.82, 2.24) is 4.90 Å². The van der Waals surface area contributed by atoms with Crippen LogP contribution in [-0.2, 0) is 9.53 Å². The number of alkyl halides is 5. The van der Waals surface area contributed by atoms with E-state index in [2.05, 4.69) is 22.6 Å². The van der Waals surface area contributed by atoms with Gasteiger partial charge in [-0.1, -0.05) is 75.5 Å². The molecule has 0 N–H and O–H groups in total. The molecule has 2 saturated heterocycles. The van der Waals surface area contributed by atoms with Crippen LogP contribution in [0.15, 0.2) is 30.3 Å². The largest absolute Gasteiger partial charge is 0.462 e. The van der Waals surface area contributed by atoms with Gasteiger partial charge >= 0.3 is 12.1 Å². The number of morpholine rings is 1. The Morgan fingerprint density at radius 1 is 1.25 bits per heavy atom. The number of hydrogen-bond donors (Lipinski definition) is 0. The summed E-state index contributed by atoms with van der Waals surface area (Å²) in [5, 5.41) is 0. The van der Waals surface area contributed by atoms with Crippen molar-refractivity contribution in [2.24, 2.45) is 0 Å². The molecule has 0 aromatic heterocycles. The van der Waals surface area contributed by atoms with E-state index in [1.807, 2.05) is 6.07 Å². The Labute approximate surface area is 165 Å². The van der Waals surface area contributed by atoms with Gasteiger partial charge in [0.1, 0.15) is 6.61 Å². The molecule has 4 atom stereocenters. The number of ether oxygens (including phenoxy) is 1. The Kier molecular flexibility index (Phi) is 5.37. The molecule has 1 aromatic carbocycles. The van der Waals surface area contributed by atoms with E-state index in [1.54, 1.807) is 46.9 Å². The molecule has 24 heavy (non-hydrogen) atoms. The smallest absolute Gasteiger partial charge is 0.418 e. The van der Waals surface area contributed by atoms with E-state index < -0.39 is 27.7 Å². The summed E-state index contributed by atoms with van der Waals surface area (Å²) in [5.41, 5.74) is -1.82. The highest BCUT2D eigenvalue weighted by atomic mass is 127. The van der Waals surface area contributed by atoms with Gasteiger partial charge in [0, 0.05) is 14.4 Å². The van der Waals surface area contributed by atoms with Gasteiger partial charge < -0.3 is 4.74 Å². The van der Waals surface area contributed by atoms with Crippen LogP contribution in [0.3, 0.4) is 0 Å². The summed E-state index contributed by atoms with van der Waals surface area (Å²) < 4.78 is 47.4. The van der Waals surface area contributed by atoms with Crippen LogP contribution in [0.5, 0.6) is 0 Å². The molecule has 2 fully saturated rings. The molecule has 0 unspecified atom stereocenters. The lowest BCUT2D eigenvalue weighted by Gasteiger charge is -2.57. The highest BCUT2D eigenvalue weighted by Gasteiger charge is 2.73. The predicted molar refractivity (Wildman–Crippen MR) is 100 cm³/mol. The minimum Gasteiger partial charge on any atom is -0.462 e. The van der Waals surface area contributed by atoms with Gasteiger partial charge in [-0.25, -0.2) is 4.79 Å². The fraction of sp³-hybridized carbons (Fsp3) is 0.562. The van der Waals surface area contributed by atoms with Gasteiger partial charge in [-0.3, -0.25) is 4.90 Å². The first-order valence-electron chi connectivity index (χ1n) is 7.61. The number of carbonyl (C=O) groups excluding carboxylic acids is 1. The van der Waals surface area contributed by atoms with Crippen molar-refractivity contribution >= 4 is 51.2 Å². The molecule has 2 aliphatic heterocycles. The Bertz CT molecular complexity index is 613. The molecule has 0 saturated carbocycles. The fourth-order valence-corrected chi connectivity index (χ4v) is 5.89. The summed E-state index contributed by atoms with van der Waals surface area (Å²) in [5.74, 6) is -1.16. The average Bonchev–Trinajstić information content (AvgIpc) is 2.55. The van der Waals surface area contributed by atoms with Gasteiger partial charge in [-0.15, -0.1) is 0 Å². The van der Waals surface area contributed by atoms with E-state index in [0.29, 0.717) is 17.3 Å². The van der Waals surface area contributed by atoms with Crippen molar-refractivity contribution in [1.29, 1.82) is 0 Å². The summed E-state index contributed by atoms with van der Waals surface area (Å²) >= 11 is 3.89. The van der Waals surface area contributed by atoms with Crippen LogP contribution < -0.4 is 0 Å². The second-order valence-corrected chi connectivity index (χ2v) is 8.43. The first kappa shape index (κ1) is 18.7. The first-order valence-corrected chi connectivity index (χ1v) is 10.4. The number of carbonyl (C=O) groups is 1. The fourth-order valence-electron chi connectivity index (χ4n) is 3.74. The molecule has 0 aliphatic carbocycles. The normalized spacial score (nSPS) is 34.5. The maximum Gasteiger partial charge on any atom is 0.418 e. The van der Waals surface area contributed by atoms with E-state index in [1.165, 1.54) is 4.90 Å². The number of rotatable bonds is 2. The third-order valence-electron chi connectivity index (χ3n) is 4.82. The molecular weight excluding hydrogens is 549 g/mol. The van der Waals surface area contributed by atoms with Crippen molar-refractivity contribution in [3.63, 3.8) is 0 Å². The maximum atomic E-state index is 14.2. The molecule has 1 aromatic rings. The topological polar surface area (TPSA) is 29.5 Å². The van der Waals surface area contributed by atoms with Crippen molar-refractivity contribution < 1.29 is 22.7 Å². The minimum atomic E-state index is -4.69. The van der Waals surface area contributed by atoms with Crippen LogP contribution in [-0.4, -0.2) is 43.6 Å². The quantitative estimate of drug-likeness (QED) is 0.305. The number of cyclic esters (lactones) is 1. The van der Waals surface area contributed by atoms with E-state index in [9.17, 15) is 18.0 Å². The lowest BCUT2D eigenvalue weighted by molar-refractivity contribution is -0.272. The minimum absolute atomic E-state index is 0.0445. The van der Waals surface area contributed by atoms with E-state index in [-0.39, 0.29) is 12.6 Å². The van der Waals surface area contributed by atoms with Crippen molar-refractivity contribution in [3.8, 4) is 0 Å². The molecule has 0 radical (unpaired) electrons. The second kappa shape index (κ2) is 6.90. The lowest BCUT2D eigenvalue weighted by atomic mass is 9.79. The summed E-state index contributed by atoms with van der Waals surface area (Å²) in [6, 6.07) is 8.12. The average molecular weight is 565 g/mol. The Morgan fingerprint density at radius 3 is 2.50 bits per heavy atom. The van der Waals surface area contributed by atoms with Gasteiger partial charge in [-0.2, -0.15) is 13.2 Å². The molecule has 8 heteroatoms. The zero-order chi connectivity index (χ0) is 17.5. The number of fused-ring (bicyclic) bond motifs is 1. The van der Waals surface area contributed by atoms with Crippen LogP contribution in [0.4, 0.5) is 13.2 Å². The summed E-state index contributed by atoms with van der Waals surface area (Å²) in [4.78, 5) is 13.9. The molecule has 2 heterocycles. The molecule has 132 valence electrons. The van der Waals surface area contributed by atoms with Crippen molar-refractivity contribution in [2.45, 2.75) is 40.6 Å². The van der Waals surface area contributed by atoms with E-state index >= 15 is 0 Å². The van der Waals surface area contributed by atoms with Crippen LogP contribution in [0.25, 0.3) is 0 Å². The van der Waals surface area contributed by atoms with Crippen molar-refractivity contribution in [3.05, 3.63) is 35.9 Å². The lowest BCUT2D eigenvalue weighted by Crippen LogP contribution is -2.76. The Balaban J connectivity index is 2.17. The van der Waals surface area contributed by atoms with Gasteiger partial charge in [0.15, 0.2) is 0 Å². The Hall–Kier alpha value is -0.100.